The van der Waals surface area contributed by atoms with Crippen molar-refractivity contribution in [1.82, 2.24) is 15.5 Å². The second kappa shape index (κ2) is 6.88. The summed E-state index contributed by atoms with van der Waals surface area (Å²) in [7, 11) is 4.05. The van der Waals surface area contributed by atoms with Crippen LogP contribution in [0.3, 0.4) is 0 Å². The Morgan fingerprint density at radius 1 is 1.08 bits per heavy atom. The number of amides is 2. The molecule has 0 heterocycles. The van der Waals surface area contributed by atoms with Crippen molar-refractivity contribution in [3.63, 3.8) is 0 Å². The van der Waals surface area contributed by atoms with E-state index in [0.29, 0.717) is 17.4 Å². The summed E-state index contributed by atoms with van der Waals surface area (Å²) >= 11 is 0. The van der Waals surface area contributed by atoms with E-state index in [4.69, 9.17) is 0 Å². The molecule has 4 saturated carbocycles. The smallest absolute Gasteiger partial charge is 0.314 e. The fourth-order valence-corrected chi connectivity index (χ4v) is 6.51. The highest BCUT2D eigenvalue weighted by Crippen LogP contribution is 2.65. The van der Waals surface area contributed by atoms with Crippen LogP contribution in [-0.4, -0.2) is 44.7 Å². The molecule has 4 bridgehead atoms. The third kappa shape index (κ3) is 3.48. The van der Waals surface area contributed by atoms with Gasteiger partial charge in [-0.2, -0.15) is 0 Å². The summed E-state index contributed by atoms with van der Waals surface area (Å²) in [6, 6.07) is 11.2. The molecule has 4 nitrogen and oxygen atoms in total. The SMILES string of the molecule is CN(C)CCNC(=O)NCC12C[C@H]3C[C@@H](C1)CC(c1ccccc1)(C3)C2. The number of hydrogen-bond acceptors (Lipinski definition) is 2. The third-order valence-electron chi connectivity index (χ3n) is 7.04. The maximum absolute atomic E-state index is 12.2. The van der Waals surface area contributed by atoms with Gasteiger partial charge in [0.2, 0.25) is 0 Å². The quantitative estimate of drug-likeness (QED) is 0.821. The molecule has 5 rings (SSSR count). The molecule has 26 heavy (non-hydrogen) atoms. The van der Waals surface area contributed by atoms with E-state index in [0.717, 1.165) is 24.9 Å². The highest BCUT2D eigenvalue weighted by Gasteiger charge is 2.57. The van der Waals surface area contributed by atoms with Gasteiger partial charge in [-0.15, -0.1) is 0 Å². The van der Waals surface area contributed by atoms with E-state index in [-0.39, 0.29) is 6.03 Å². The van der Waals surface area contributed by atoms with Gasteiger partial charge < -0.3 is 15.5 Å². The summed E-state index contributed by atoms with van der Waals surface area (Å²) in [5.74, 6) is 1.69. The molecule has 2 N–H and O–H groups in total. The Morgan fingerprint density at radius 2 is 1.77 bits per heavy atom. The first-order chi connectivity index (χ1) is 12.5. The van der Waals surface area contributed by atoms with Crippen LogP contribution in [0, 0.1) is 17.3 Å². The van der Waals surface area contributed by atoms with E-state index >= 15 is 0 Å². The van der Waals surface area contributed by atoms with E-state index < -0.39 is 0 Å². The maximum atomic E-state index is 12.2. The highest BCUT2D eigenvalue weighted by molar-refractivity contribution is 5.73. The molecule has 4 fully saturated rings. The number of nitrogens with zero attached hydrogens (tertiary/aromatic N) is 1. The van der Waals surface area contributed by atoms with Crippen LogP contribution < -0.4 is 10.6 Å². The monoisotopic (exact) mass is 355 g/mol. The van der Waals surface area contributed by atoms with Crippen molar-refractivity contribution in [3.05, 3.63) is 35.9 Å². The zero-order valence-electron chi connectivity index (χ0n) is 16.3. The van der Waals surface area contributed by atoms with Gasteiger partial charge >= 0.3 is 6.03 Å². The largest absolute Gasteiger partial charge is 0.338 e. The molecule has 2 amide bonds. The lowest BCUT2D eigenvalue weighted by Crippen LogP contribution is -2.57. The second-order valence-electron chi connectivity index (χ2n) is 9.52. The lowest BCUT2D eigenvalue weighted by Gasteiger charge is -2.62. The summed E-state index contributed by atoms with van der Waals surface area (Å²) < 4.78 is 0. The molecule has 1 aromatic rings. The summed E-state index contributed by atoms with van der Waals surface area (Å²) in [5.41, 5.74) is 2.20. The maximum Gasteiger partial charge on any atom is 0.314 e. The minimum Gasteiger partial charge on any atom is -0.338 e. The van der Waals surface area contributed by atoms with Crippen LogP contribution in [-0.2, 0) is 5.41 Å². The first-order valence-electron chi connectivity index (χ1n) is 10.2. The van der Waals surface area contributed by atoms with Crippen LogP contribution >= 0.6 is 0 Å². The number of nitrogens with one attached hydrogen (secondary N) is 2. The number of benzene rings is 1. The van der Waals surface area contributed by atoms with E-state index in [1.807, 2.05) is 14.1 Å². The number of urea groups is 1. The number of carbonyl (C=O) groups is 1. The van der Waals surface area contributed by atoms with Crippen LogP contribution in [0.4, 0.5) is 4.79 Å². The minimum absolute atomic E-state index is 0.00337. The van der Waals surface area contributed by atoms with E-state index in [2.05, 4.69) is 45.9 Å². The average Bonchev–Trinajstić information content (AvgIpc) is 2.59. The molecule has 0 aliphatic heterocycles. The normalized spacial score (nSPS) is 34.9. The molecule has 4 aliphatic rings. The standard InChI is InChI=1S/C22H33N3O/c1-25(2)9-8-23-20(26)24-16-21-11-17-10-18(12-21)14-22(13-17,15-21)19-6-4-3-5-7-19/h3-7,17-18H,8-16H2,1-2H3,(H2,23,24,26)/t17-,18+,21?,22?. The molecule has 2 unspecified atom stereocenters. The molecule has 142 valence electrons. The van der Waals surface area contributed by atoms with Crippen molar-refractivity contribution >= 4 is 6.03 Å². The van der Waals surface area contributed by atoms with Gasteiger partial charge in [0.25, 0.3) is 0 Å². The predicted molar refractivity (Wildman–Crippen MR) is 105 cm³/mol. The van der Waals surface area contributed by atoms with Crippen molar-refractivity contribution in [2.45, 2.75) is 43.9 Å². The van der Waals surface area contributed by atoms with Crippen molar-refractivity contribution in [2.75, 3.05) is 33.7 Å². The minimum atomic E-state index is -0.00337. The fourth-order valence-electron chi connectivity index (χ4n) is 6.51. The summed E-state index contributed by atoms with van der Waals surface area (Å²) in [4.78, 5) is 14.3. The van der Waals surface area contributed by atoms with Crippen LogP contribution in [0.5, 0.6) is 0 Å². The van der Waals surface area contributed by atoms with Gasteiger partial charge in [0.1, 0.15) is 0 Å². The van der Waals surface area contributed by atoms with Crippen LogP contribution in [0.2, 0.25) is 0 Å². The first-order valence-corrected chi connectivity index (χ1v) is 10.2. The molecule has 4 atom stereocenters. The summed E-state index contributed by atoms with van der Waals surface area (Å²) in [5, 5.41) is 6.21. The van der Waals surface area contributed by atoms with Gasteiger partial charge in [-0.05, 0) is 80.8 Å². The van der Waals surface area contributed by atoms with Gasteiger partial charge in [0.15, 0.2) is 0 Å². The molecular weight excluding hydrogens is 322 g/mol. The zero-order chi connectivity index (χ0) is 18.2. The van der Waals surface area contributed by atoms with Crippen molar-refractivity contribution in [2.24, 2.45) is 17.3 Å². The molecule has 0 radical (unpaired) electrons. The molecule has 4 aliphatic carbocycles. The van der Waals surface area contributed by atoms with E-state index in [1.54, 1.807) is 0 Å². The van der Waals surface area contributed by atoms with Crippen LogP contribution in [0.25, 0.3) is 0 Å². The van der Waals surface area contributed by atoms with Gasteiger partial charge in [-0.1, -0.05) is 30.3 Å². The summed E-state index contributed by atoms with van der Waals surface area (Å²) in [6.45, 7) is 2.41. The zero-order valence-corrected chi connectivity index (χ0v) is 16.3. The second-order valence-corrected chi connectivity index (χ2v) is 9.52. The lowest BCUT2D eigenvalue weighted by molar-refractivity contribution is -0.0693. The number of hydrogen-bond donors (Lipinski definition) is 2. The van der Waals surface area contributed by atoms with Gasteiger partial charge in [0, 0.05) is 19.6 Å². The van der Waals surface area contributed by atoms with Crippen molar-refractivity contribution < 1.29 is 4.79 Å². The van der Waals surface area contributed by atoms with Crippen LogP contribution in [0.1, 0.15) is 44.1 Å². The number of carbonyl (C=O) groups excluding carboxylic acids is 1. The Morgan fingerprint density at radius 3 is 2.42 bits per heavy atom. The van der Waals surface area contributed by atoms with Gasteiger partial charge in [0.05, 0.1) is 0 Å². The molecule has 0 saturated heterocycles. The Kier molecular flexibility index (Phi) is 4.72. The molecule has 1 aromatic carbocycles. The fraction of sp³-hybridized carbons (Fsp3) is 0.682. The Hall–Kier alpha value is -1.55. The van der Waals surface area contributed by atoms with Crippen molar-refractivity contribution in [1.29, 1.82) is 0 Å². The van der Waals surface area contributed by atoms with Gasteiger partial charge in [-0.3, -0.25) is 0 Å². The van der Waals surface area contributed by atoms with E-state index in [9.17, 15) is 4.79 Å². The van der Waals surface area contributed by atoms with E-state index in [1.165, 1.54) is 44.1 Å². The number of rotatable bonds is 6. The highest BCUT2D eigenvalue weighted by atomic mass is 16.2. The lowest BCUT2D eigenvalue weighted by atomic mass is 9.43. The van der Waals surface area contributed by atoms with Crippen molar-refractivity contribution in [3.8, 4) is 0 Å². The topological polar surface area (TPSA) is 44.4 Å². The van der Waals surface area contributed by atoms with Crippen LogP contribution in [0.15, 0.2) is 30.3 Å². The molecule has 0 aromatic heterocycles. The molecular formula is C22H33N3O. The summed E-state index contributed by atoms with van der Waals surface area (Å²) in [6.07, 6.45) is 7.96. The number of likely N-dealkylation sites (N-methyl/N-ethyl adjacent to an activating group) is 1. The molecule has 0 spiro atoms. The Labute approximate surface area is 157 Å². The average molecular weight is 356 g/mol. The Bertz CT molecular complexity index is 628. The first kappa shape index (κ1) is 17.8. The Balaban J connectivity index is 1.43. The molecule has 4 heteroatoms. The van der Waals surface area contributed by atoms with Gasteiger partial charge in [-0.25, -0.2) is 4.79 Å². The third-order valence-corrected chi connectivity index (χ3v) is 7.04. The predicted octanol–water partition coefficient (Wildman–Crippen LogP) is 3.39.